The van der Waals surface area contributed by atoms with Crippen LogP contribution in [0, 0.1) is 11.8 Å². The van der Waals surface area contributed by atoms with E-state index in [2.05, 4.69) is 24.1 Å². The Hall–Kier alpha value is -0.120. The zero-order valence-electron chi connectivity index (χ0n) is 12.2. The minimum atomic E-state index is -0.178. The highest BCUT2D eigenvalue weighted by Gasteiger charge is 2.35. The summed E-state index contributed by atoms with van der Waals surface area (Å²) in [5.74, 6) is 1.34. The van der Waals surface area contributed by atoms with Crippen LogP contribution >= 0.6 is 0 Å². The first-order chi connectivity index (χ1) is 8.61. The van der Waals surface area contributed by atoms with Crippen LogP contribution in [0.2, 0.25) is 0 Å². The quantitative estimate of drug-likeness (QED) is 0.786. The Balaban J connectivity index is 1.95. The molecule has 2 fully saturated rings. The molecule has 0 bridgehead atoms. The lowest BCUT2D eigenvalue weighted by atomic mass is 9.78. The Labute approximate surface area is 112 Å². The number of hydrogen-bond donors (Lipinski definition) is 2. The van der Waals surface area contributed by atoms with Gasteiger partial charge >= 0.3 is 0 Å². The fourth-order valence-electron chi connectivity index (χ4n) is 3.51. The number of piperidine rings is 1. The van der Waals surface area contributed by atoms with Crippen molar-refractivity contribution < 1.29 is 5.11 Å². The monoisotopic (exact) mass is 254 g/mol. The molecule has 3 heteroatoms. The van der Waals surface area contributed by atoms with Gasteiger partial charge in [0, 0.05) is 25.2 Å². The van der Waals surface area contributed by atoms with E-state index in [1.54, 1.807) is 0 Å². The molecule has 4 unspecified atom stereocenters. The third-order valence-electron chi connectivity index (χ3n) is 5.09. The zero-order valence-corrected chi connectivity index (χ0v) is 12.2. The highest BCUT2D eigenvalue weighted by atomic mass is 16.3. The SMILES string of the molecule is CCNC1CC(C(C)O)CN(C(C)C2CCC2)C1. The predicted octanol–water partition coefficient (Wildman–Crippen LogP) is 1.86. The molecule has 3 nitrogen and oxygen atoms in total. The number of rotatable bonds is 5. The second-order valence-electron chi connectivity index (χ2n) is 6.38. The standard InChI is InChI=1S/C15H30N2O/c1-4-16-15-8-14(12(3)18)9-17(10-15)11(2)13-6-5-7-13/h11-16,18H,4-10H2,1-3H3. The van der Waals surface area contributed by atoms with Crippen molar-refractivity contribution in [3.63, 3.8) is 0 Å². The van der Waals surface area contributed by atoms with Crippen molar-refractivity contribution in [1.82, 2.24) is 10.2 Å². The normalized spacial score (nSPS) is 34.0. The average Bonchev–Trinajstić information content (AvgIpc) is 2.26. The van der Waals surface area contributed by atoms with Crippen LogP contribution in [0.4, 0.5) is 0 Å². The van der Waals surface area contributed by atoms with Gasteiger partial charge in [-0.05, 0) is 51.5 Å². The first kappa shape index (κ1) is 14.3. The van der Waals surface area contributed by atoms with Gasteiger partial charge in [-0.1, -0.05) is 13.3 Å². The minimum Gasteiger partial charge on any atom is -0.393 e. The molecule has 2 aliphatic rings. The molecule has 1 aliphatic carbocycles. The molecule has 2 rings (SSSR count). The average molecular weight is 254 g/mol. The maximum atomic E-state index is 9.92. The topological polar surface area (TPSA) is 35.5 Å². The number of likely N-dealkylation sites (tertiary alicyclic amines) is 1. The largest absolute Gasteiger partial charge is 0.393 e. The van der Waals surface area contributed by atoms with Crippen LogP contribution < -0.4 is 5.32 Å². The van der Waals surface area contributed by atoms with Crippen LogP contribution in [0.5, 0.6) is 0 Å². The highest BCUT2D eigenvalue weighted by molar-refractivity contribution is 4.90. The van der Waals surface area contributed by atoms with Crippen LogP contribution in [0.15, 0.2) is 0 Å². The summed E-state index contributed by atoms with van der Waals surface area (Å²) < 4.78 is 0. The van der Waals surface area contributed by atoms with E-state index in [-0.39, 0.29) is 6.10 Å². The zero-order chi connectivity index (χ0) is 13.1. The van der Waals surface area contributed by atoms with E-state index in [9.17, 15) is 5.11 Å². The smallest absolute Gasteiger partial charge is 0.0553 e. The Morgan fingerprint density at radius 2 is 1.94 bits per heavy atom. The van der Waals surface area contributed by atoms with Gasteiger partial charge in [0.05, 0.1) is 6.10 Å². The molecule has 0 aromatic rings. The first-order valence-electron chi connectivity index (χ1n) is 7.77. The molecular formula is C15H30N2O. The maximum Gasteiger partial charge on any atom is 0.0553 e. The van der Waals surface area contributed by atoms with Crippen molar-refractivity contribution in [3.8, 4) is 0 Å². The lowest BCUT2D eigenvalue weighted by molar-refractivity contribution is 0.00891. The molecule has 106 valence electrons. The van der Waals surface area contributed by atoms with Gasteiger partial charge in [0.1, 0.15) is 0 Å². The lowest BCUT2D eigenvalue weighted by Gasteiger charge is -2.46. The molecule has 0 radical (unpaired) electrons. The molecule has 0 spiro atoms. The van der Waals surface area contributed by atoms with Gasteiger partial charge in [-0.2, -0.15) is 0 Å². The van der Waals surface area contributed by atoms with Crippen molar-refractivity contribution >= 4 is 0 Å². The number of nitrogens with zero attached hydrogens (tertiary/aromatic N) is 1. The fraction of sp³-hybridized carbons (Fsp3) is 1.00. The Kier molecular flexibility index (Phi) is 5.05. The molecule has 18 heavy (non-hydrogen) atoms. The number of aliphatic hydroxyl groups is 1. The van der Waals surface area contributed by atoms with Crippen molar-refractivity contribution in [2.24, 2.45) is 11.8 Å². The van der Waals surface area contributed by atoms with Gasteiger partial charge in [0.15, 0.2) is 0 Å². The summed E-state index contributed by atoms with van der Waals surface area (Å²) in [5.41, 5.74) is 0. The second-order valence-corrected chi connectivity index (χ2v) is 6.38. The molecule has 1 saturated carbocycles. The third-order valence-corrected chi connectivity index (χ3v) is 5.09. The Bertz CT molecular complexity index is 253. The van der Waals surface area contributed by atoms with Crippen LogP contribution in [-0.2, 0) is 0 Å². The lowest BCUT2D eigenvalue weighted by Crippen LogP contribution is -2.55. The Morgan fingerprint density at radius 3 is 2.44 bits per heavy atom. The van der Waals surface area contributed by atoms with Crippen LogP contribution in [0.1, 0.15) is 46.5 Å². The van der Waals surface area contributed by atoms with E-state index in [1.165, 1.54) is 19.3 Å². The summed E-state index contributed by atoms with van der Waals surface area (Å²) in [5, 5.41) is 13.5. The molecule has 1 aliphatic heterocycles. The minimum absolute atomic E-state index is 0.178. The van der Waals surface area contributed by atoms with Gasteiger partial charge in [0.2, 0.25) is 0 Å². The number of nitrogens with one attached hydrogen (secondary N) is 1. The van der Waals surface area contributed by atoms with E-state index in [0.29, 0.717) is 18.0 Å². The van der Waals surface area contributed by atoms with Crippen LogP contribution in [0.3, 0.4) is 0 Å². The fourth-order valence-corrected chi connectivity index (χ4v) is 3.51. The molecule has 0 aromatic carbocycles. The van der Waals surface area contributed by atoms with Crippen molar-refractivity contribution in [3.05, 3.63) is 0 Å². The summed E-state index contributed by atoms with van der Waals surface area (Å²) >= 11 is 0. The first-order valence-corrected chi connectivity index (χ1v) is 7.77. The molecular weight excluding hydrogens is 224 g/mol. The van der Waals surface area contributed by atoms with E-state index < -0.39 is 0 Å². The molecule has 0 aromatic heterocycles. The maximum absolute atomic E-state index is 9.92. The number of likely N-dealkylation sites (N-methyl/N-ethyl adjacent to an activating group) is 1. The molecule has 4 atom stereocenters. The van der Waals surface area contributed by atoms with E-state index in [4.69, 9.17) is 0 Å². The van der Waals surface area contributed by atoms with Gasteiger partial charge < -0.3 is 10.4 Å². The van der Waals surface area contributed by atoms with Crippen LogP contribution in [-0.4, -0.2) is 47.8 Å². The number of hydrogen-bond acceptors (Lipinski definition) is 3. The van der Waals surface area contributed by atoms with Gasteiger partial charge in [0.25, 0.3) is 0 Å². The Morgan fingerprint density at radius 1 is 1.22 bits per heavy atom. The van der Waals surface area contributed by atoms with Crippen molar-refractivity contribution in [2.45, 2.75) is 64.6 Å². The van der Waals surface area contributed by atoms with E-state index in [1.807, 2.05) is 6.92 Å². The van der Waals surface area contributed by atoms with Gasteiger partial charge in [-0.3, -0.25) is 4.90 Å². The van der Waals surface area contributed by atoms with Gasteiger partial charge in [-0.25, -0.2) is 0 Å². The summed E-state index contributed by atoms with van der Waals surface area (Å²) in [6, 6.07) is 1.26. The third kappa shape index (κ3) is 3.25. The van der Waals surface area contributed by atoms with Crippen LogP contribution in [0.25, 0.3) is 0 Å². The number of aliphatic hydroxyl groups excluding tert-OH is 1. The second kappa shape index (κ2) is 6.36. The summed E-state index contributed by atoms with van der Waals surface area (Å²) in [6.45, 7) is 9.78. The van der Waals surface area contributed by atoms with Crippen molar-refractivity contribution in [2.75, 3.05) is 19.6 Å². The van der Waals surface area contributed by atoms with E-state index in [0.717, 1.165) is 32.0 Å². The summed E-state index contributed by atoms with van der Waals surface area (Å²) in [7, 11) is 0. The summed E-state index contributed by atoms with van der Waals surface area (Å²) in [6.07, 6.45) is 5.17. The predicted molar refractivity (Wildman–Crippen MR) is 75.6 cm³/mol. The molecule has 2 N–H and O–H groups in total. The van der Waals surface area contributed by atoms with Crippen molar-refractivity contribution in [1.29, 1.82) is 0 Å². The summed E-state index contributed by atoms with van der Waals surface area (Å²) in [4.78, 5) is 2.62. The molecule has 1 heterocycles. The molecule has 0 amide bonds. The molecule has 1 saturated heterocycles. The van der Waals surface area contributed by atoms with Gasteiger partial charge in [-0.15, -0.1) is 0 Å². The van der Waals surface area contributed by atoms with E-state index >= 15 is 0 Å². The highest BCUT2D eigenvalue weighted by Crippen LogP contribution is 2.34.